The maximum absolute atomic E-state index is 12.6. The van der Waals surface area contributed by atoms with Crippen LogP contribution in [-0.4, -0.2) is 36.0 Å². The van der Waals surface area contributed by atoms with Gasteiger partial charge in [-0.15, -0.1) is 0 Å². The molecule has 0 atom stereocenters. The van der Waals surface area contributed by atoms with Crippen molar-refractivity contribution in [2.24, 2.45) is 0 Å². The fraction of sp³-hybridized carbons (Fsp3) is 0.0870. The molecule has 0 heterocycles. The molecule has 0 radical (unpaired) electrons. The molecule has 9 nitrogen and oxygen atoms in total. The first-order chi connectivity index (χ1) is 15.9. The molecule has 3 aromatic rings. The Labute approximate surface area is 193 Å². The summed E-state index contributed by atoms with van der Waals surface area (Å²) < 4.78 is 10.2. The molecule has 1 amide bonds. The smallest absolute Gasteiger partial charge is 0.340 e. The van der Waals surface area contributed by atoms with Gasteiger partial charge in [-0.25, -0.2) is 9.59 Å². The number of amides is 1. The lowest BCUT2D eigenvalue weighted by molar-refractivity contribution is -0.384. The van der Waals surface area contributed by atoms with Crippen LogP contribution in [-0.2, 0) is 9.47 Å². The number of halogens is 1. The second-order valence-corrected chi connectivity index (χ2v) is 6.97. The molecule has 3 rings (SSSR count). The molecule has 0 aliphatic rings. The van der Waals surface area contributed by atoms with E-state index in [-0.39, 0.29) is 40.7 Å². The molecule has 0 bridgehead atoms. The number of nitrogens with one attached hydrogen (secondary N) is 1. The van der Waals surface area contributed by atoms with Crippen LogP contribution < -0.4 is 5.32 Å². The minimum atomic E-state index is -0.739. The van der Waals surface area contributed by atoms with E-state index < -0.39 is 22.8 Å². The maximum Gasteiger partial charge on any atom is 0.340 e. The van der Waals surface area contributed by atoms with Crippen LogP contribution in [0.25, 0.3) is 0 Å². The number of hydrogen-bond donors (Lipinski definition) is 1. The summed E-state index contributed by atoms with van der Waals surface area (Å²) in [6.07, 6.45) is 0. The number of esters is 2. The highest BCUT2D eigenvalue weighted by atomic mass is 35.5. The molecular weight excluding hydrogens is 452 g/mol. The van der Waals surface area contributed by atoms with Crippen LogP contribution >= 0.6 is 11.6 Å². The van der Waals surface area contributed by atoms with Gasteiger partial charge in [0, 0.05) is 12.1 Å². The second-order valence-electron chi connectivity index (χ2n) is 6.56. The van der Waals surface area contributed by atoms with Gasteiger partial charge < -0.3 is 14.8 Å². The van der Waals surface area contributed by atoms with Crippen LogP contribution in [0.3, 0.4) is 0 Å². The lowest BCUT2D eigenvalue weighted by Gasteiger charge is -2.12. The van der Waals surface area contributed by atoms with Gasteiger partial charge in [-0.2, -0.15) is 0 Å². The lowest BCUT2D eigenvalue weighted by Crippen LogP contribution is -2.18. The third kappa shape index (κ3) is 6.14. The largest absolute Gasteiger partial charge is 0.458 e. The Kier molecular flexibility index (Phi) is 7.72. The lowest BCUT2D eigenvalue weighted by atomic mass is 10.1. The van der Waals surface area contributed by atoms with E-state index in [0.717, 1.165) is 12.1 Å². The van der Waals surface area contributed by atoms with E-state index in [1.807, 2.05) is 0 Å². The van der Waals surface area contributed by atoms with Crippen molar-refractivity contribution < 1.29 is 28.8 Å². The van der Waals surface area contributed by atoms with E-state index in [1.165, 1.54) is 18.2 Å². The van der Waals surface area contributed by atoms with Crippen molar-refractivity contribution in [3.8, 4) is 0 Å². The first-order valence-electron chi connectivity index (χ1n) is 9.60. The van der Waals surface area contributed by atoms with Crippen molar-refractivity contribution in [2.45, 2.75) is 0 Å². The van der Waals surface area contributed by atoms with Crippen LogP contribution in [0, 0.1) is 10.1 Å². The van der Waals surface area contributed by atoms with E-state index in [0.29, 0.717) is 5.56 Å². The fourth-order valence-electron chi connectivity index (χ4n) is 2.77. The molecule has 0 saturated carbocycles. The molecular formula is C23H17ClN2O7. The van der Waals surface area contributed by atoms with Crippen LogP contribution in [0.2, 0.25) is 5.02 Å². The number of nitro benzene ring substituents is 1. The summed E-state index contributed by atoms with van der Waals surface area (Å²) in [5.74, 6) is -1.94. The molecule has 0 unspecified atom stereocenters. The highest BCUT2D eigenvalue weighted by Gasteiger charge is 2.19. The highest BCUT2D eigenvalue weighted by molar-refractivity contribution is 6.34. The first-order valence-corrected chi connectivity index (χ1v) is 9.98. The van der Waals surface area contributed by atoms with Crippen LogP contribution in [0.15, 0.2) is 72.8 Å². The summed E-state index contributed by atoms with van der Waals surface area (Å²) in [6, 6.07) is 17.9. The summed E-state index contributed by atoms with van der Waals surface area (Å²) in [4.78, 5) is 47.2. The summed E-state index contributed by atoms with van der Waals surface area (Å²) >= 11 is 5.99. The number of nitrogens with zero attached hydrogens (tertiary/aromatic N) is 1. The zero-order valence-corrected chi connectivity index (χ0v) is 17.8. The number of anilines is 1. The van der Waals surface area contributed by atoms with Crippen molar-refractivity contribution in [3.63, 3.8) is 0 Å². The van der Waals surface area contributed by atoms with Gasteiger partial charge in [0.2, 0.25) is 0 Å². The van der Waals surface area contributed by atoms with Gasteiger partial charge in [-0.1, -0.05) is 41.9 Å². The normalized spacial score (nSPS) is 10.2. The van der Waals surface area contributed by atoms with Crippen molar-refractivity contribution in [2.75, 3.05) is 18.5 Å². The summed E-state index contributed by atoms with van der Waals surface area (Å²) in [5, 5.41) is 13.3. The zero-order chi connectivity index (χ0) is 23.8. The van der Waals surface area contributed by atoms with Crippen LogP contribution in [0.1, 0.15) is 31.1 Å². The zero-order valence-electron chi connectivity index (χ0n) is 17.0. The quantitative estimate of drug-likeness (QED) is 0.223. The van der Waals surface area contributed by atoms with Crippen LogP contribution in [0.5, 0.6) is 0 Å². The van der Waals surface area contributed by atoms with Crippen LogP contribution in [0.4, 0.5) is 11.4 Å². The number of nitro groups is 1. The number of para-hydroxylation sites is 1. The Balaban J connectivity index is 1.60. The van der Waals surface area contributed by atoms with Crippen molar-refractivity contribution >= 4 is 40.8 Å². The van der Waals surface area contributed by atoms with E-state index >= 15 is 0 Å². The Morgan fingerprint density at radius 1 is 0.848 bits per heavy atom. The number of hydrogen-bond acceptors (Lipinski definition) is 7. The van der Waals surface area contributed by atoms with Gasteiger partial charge in [-0.05, 0) is 30.3 Å². The topological polar surface area (TPSA) is 125 Å². The van der Waals surface area contributed by atoms with Gasteiger partial charge in [0.15, 0.2) is 0 Å². The Morgan fingerprint density at radius 3 is 2.15 bits per heavy atom. The Morgan fingerprint density at radius 2 is 1.48 bits per heavy atom. The molecule has 0 aliphatic carbocycles. The minimum Gasteiger partial charge on any atom is -0.458 e. The number of carbonyl (C=O) groups excluding carboxylic acids is 3. The predicted octanol–water partition coefficient (Wildman–Crippen LogP) is 4.51. The summed E-state index contributed by atoms with van der Waals surface area (Å²) in [7, 11) is 0. The molecule has 0 aliphatic heterocycles. The summed E-state index contributed by atoms with van der Waals surface area (Å²) in [6.45, 7) is -0.333. The SMILES string of the molecule is O=C(OCCOC(=O)c1ccccc1NC(=O)c1ccc([N+](=O)[O-])cc1Cl)c1ccccc1. The minimum absolute atomic E-state index is 0.00161. The average Bonchev–Trinajstić information content (AvgIpc) is 2.82. The first kappa shape index (κ1) is 23.4. The second kappa shape index (κ2) is 10.9. The van der Waals surface area contributed by atoms with E-state index in [4.69, 9.17) is 21.1 Å². The third-order valence-corrected chi connectivity index (χ3v) is 4.68. The Hall–Kier alpha value is -4.24. The molecule has 10 heteroatoms. The molecule has 0 fully saturated rings. The number of non-ortho nitro benzene ring substituents is 1. The number of carbonyl (C=O) groups is 3. The van der Waals surface area contributed by atoms with Gasteiger partial charge in [0.25, 0.3) is 11.6 Å². The summed E-state index contributed by atoms with van der Waals surface area (Å²) in [5.41, 5.74) is 0.343. The predicted molar refractivity (Wildman–Crippen MR) is 120 cm³/mol. The van der Waals surface area contributed by atoms with Crippen molar-refractivity contribution in [3.05, 3.63) is 105 Å². The molecule has 0 spiro atoms. The Bertz CT molecular complexity index is 1200. The molecule has 3 aromatic carbocycles. The standard InChI is InChI=1S/C23H17ClN2O7/c24-19-14-16(26(30)31)10-11-17(19)21(27)25-20-9-5-4-8-18(20)23(29)33-13-12-32-22(28)15-6-2-1-3-7-15/h1-11,14H,12-13H2,(H,25,27). The third-order valence-electron chi connectivity index (χ3n) is 4.36. The van der Waals surface area contributed by atoms with E-state index in [9.17, 15) is 24.5 Å². The molecule has 0 aromatic heterocycles. The number of benzene rings is 3. The molecule has 0 saturated heterocycles. The molecule has 1 N–H and O–H groups in total. The number of rotatable bonds is 8. The maximum atomic E-state index is 12.6. The fourth-order valence-corrected chi connectivity index (χ4v) is 3.03. The van der Waals surface area contributed by atoms with Gasteiger partial charge >= 0.3 is 11.9 Å². The van der Waals surface area contributed by atoms with Crippen molar-refractivity contribution in [1.29, 1.82) is 0 Å². The molecule has 168 valence electrons. The molecule has 33 heavy (non-hydrogen) atoms. The average molecular weight is 469 g/mol. The van der Waals surface area contributed by atoms with Gasteiger partial charge in [-0.3, -0.25) is 14.9 Å². The van der Waals surface area contributed by atoms with Crippen molar-refractivity contribution in [1.82, 2.24) is 0 Å². The van der Waals surface area contributed by atoms with Gasteiger partial charge in [0.1, 0.15) is 13.2 Å². The monoisotopic (exact) mass is 468 g/mol. The highest BCUT2D eigenvalue weighted by Crippen LogP contribution is 2.24. The number of ether oxygens (including phenoxy) is 2. The van der Waals surface area contributed by atoms with E-state index in [1.54, 1.807) is 42.5 Å². The van der Waals surface area contributed by atoms with E-state index in [2.05, 4.69) is 5.32 Å². The van der Waals surface area contributed by atoms with Gasteiger partial charge in [0.05, 0.1) is 32.3 Å².